The average molecular weight is 293 g/mol. The maximum Gasteiger partial charge on any atom is 0.287 e. The van der Waals surface area contributed by atoms with Gasteiger partial charge < -0.3 is 15.1 Å². The summed E-state index contributed by atoms with van der Waals surface area (Å²) in [7, 11) is 0. The summed E-state index contributed by atoms with van der Waals surface area (Å²) < 4.78 is 4.96. The van der Waals surface area contributed by atoms with Crippen molar-refractivity contribution in [2.75, 3.05) is 13.1 Å². The van der Waals surface area contributed by atoms with Crippen molar-refractivity contribution in [3.05, 3.63) is 39.7 Å². The van der Waals surface area contributed by atoms with Crippen molar-refractivity contribution in [3.8, 4) is 0 Å². The first-order valence-corrected chi connectivity index (χ1v) is 6.93. The van der Waals surface area contributed by atoms with Crippen molar-refractivity contribution in [2.45, 2.75) is 13.8 Å². The van der Waals surface area contributed by atoms with Crippen molar-refractivity contribution in [1.82, 2.24) is 15.6 Å². The number of rotatable bonds is 5. The standard InChI is InChI=1S/C13H15N3O3S/c1-8-11(20-9(2)16-8)13(18)15-6-5-14-12(17)10-4-3-7-19-10/h3-4,7H,5-6H2,1-2H3,(H,14,17)(H,15,18). The fourth-order valence-corrected chi connectivity index (χ4v) is 2.51. The lowest BCUT2D eigenvalue weighted by Crippen LogP contribution is -2.34. The van der Waals surface area contributed by atoms with Crippen molar-refractivity contribution >= 4 is 23.2 Å². The van der Waals surface area contributed by atoms with Gasteiger partial charge in [-0.3, -0.25) is 9.59 Å². The van der Waals surface area contributed by atoms with Crippen LogP contribution in [0.15, 0.2) is 22.8 Å². The molecule has 0 atom stereocenters. The molecule has 2 aromatic heterocycles. The lowest BCUT2D eigenvalue weighted by molar-refractivity contribution is 0.0911. The van der Waals surface area contributed by atoms with Crippen molar-refractivity contribution < 1.29 is 14.0 Å². The Labute approximate surface area is 120 Å². The number of amides is 2. The van der Waals surface area contributed by atoms with Gasteiger partial charge in [-0.1, -0.05) is 0 Å². The normalized spacial score (nSPS) is 10.3. The number of carbonyl (C=O) groups is 2. The maximum absolute atomic E-state index is 11.9. The summed E-state index contributed by atoms with van der Waals surface area (Å²) in [5.41, 5.74) is 0.727. The van der Waals surface area contributed by atoms with Crippen molar-refractivity contribution in [2.24, 2.45) is 0 Å². The van der Waals surface area contributed by atoms with Crippen molar-refractivity contribution in [3.63, 3.8) is 0 Å². The number of hydrogen-bond acceptors (Lipinski definition) is 5. The van der Waals surface area contributed by atoms with Crippen LogP contribution >= 0.6 is 11.3 Å². The molecule has 2 amide bonds. The van der Waals surface area contributed by atoms with Crippen LogP contribution in [0.2, 0.25) is 0 Å². The summed E-state index contributed by atoms with van der Waals surface area (Å²) >= 11 is 1.36. The fourth-order valence-electron chi connectivity index (χ4n) is 1.67. The zero-order valence-corrected chi connectivity index (χ0v) is 12.0. The fraction of sp³-hybridized carbons (Fsp3) is 0.308. The first-order valence-electron chi connectivity index (χ1n) is 6.12. The van der Waals surface area contributed by atoms with Crippen LogP contribution in [0.5, 0.6) is 0 Å². The summed E-state index contributed by atoms with van der Waals surface area (Å²) in [5.74, 6) is -0.209. The maximum atomic E-state index is 11.9. The third-order valence-corrected chi connectivity index (χ3v) is 3.62. The zero-order valence-electron chi connectivity index (χ0n) is 11.2. The molecule has 0 aromatic carbocycles. The minimum Gasteiger partial charge on any atom is -0.459 e. The van der Waals surface area contributed by atoms with E-state index in [0.717, 1.165) is 10.7 Å². The number of hydrogen-bond donors (Lipinski definition) is 2. The smallest absolute Gasteiger partial charge is 0.287 e. The third-order valence-electron chi connectivity index (χ3n) is 2.55. The van der Waals surface area contributed by atoms with Crippen LogP contribution in [-0.2, 0) is 0 Å². The van der Waals surface area contributed by atoms with Gasteiger partial charge in [-0.05, 0) is 26.0 Å². The van der Waals surface area contributed by atoms with E-state index in [2.05, 4.69) is 15.6 Å². The molecule has 0 fully saturated rings. The lowest BCUT2D eigenvalue weighted by Gasteiger charge is -2.05. The summed E-state index contributed by atoms with van der Waals surface area (Å²) in [6.45, 7) is 4.35. The second kappa shape index (κ2) is 6.33. The second-order valence-corrected chi connectivity index (χ2v) is 5.34. The summed E-state index contributed by atoms with van der Waals surface area (Å²) in [6, 6.07) is 3.23. The third kappa shape index (κ3) is 3.45. The van der Waals surface area contributed by atoms with E-state index < -0.39 is 0 Å². The van der Waals surface area contributed by atoms with Crippen molar-refractivity contribution in [1.29, 1.82) is 0 Å². The van der Waals surface area contributed by atoms with E-state index in [-0.39, 0.29) is 17.6 Å². The molecular weight excluding hydrogens is 278 g/mol. The van der Waals surface area contributed by atoms with E-state index in [4.69, 9.17) is 4.42 Å². The van der Waals surface area contributed by atoms with Gasteiger partial charge in [0.05, 0.1) is 17.0 Å². The average Bonchev–Trinajstić information content (AvgIpc) is 3.03. The quantitative estimate of drug-likeness (QED) is 0.818. The molecule has 106 valence electrons. The van der Waals surface area contributed by atoms with Crippen LogP contribution in [0.25, 0.3) is 0 Å². The minimum atomic E-state index is -0.297. The van der Waals surface area contributed by atoms with Crippen LogP contribution in [0, 0.1) is 13.8 Å². The van der Waals surface area contributed by atoms with Crippen LogP contribution in [0.1, 0.15) is 30.9 Å². The first kappa shape index (κ1) is 14.3. The van der Waals surface area contributed by atoms with Gasteiger partial charge in [0.15, 0.2) is 5.76 Å². The Morgan fingerprint density at radius 1 is 1.25 bits per heavy atom. The number of furan rings is 1. The Balaban J connectivity index is 1.75. The summed E-state index contributed by atoms with van der Waals surface area (Å²) in [6.07, 6.45) is 1.44. The topological polar surface area (TPSA) is 84.2 Å². The highest BCUT2D eigenvalue weighted by atomic mass is 32.1. The molecule has 0 aliphatic heterocycles. The highest BCUT2D eigenvalue weighted by molar-refractivity contribution is 7.13. The molecule has 0 aliphatic carbocycles. The summed E-state index contributed by atoms with van der Waals surface area (Å²) in [5, 5.41) is 6.25. The molecule has 2 heterocycles. The molecule has 7 heteroatoms. The number of nitrogens with one attached hydrogen (secondary N) is 2. The van der Waals surface area contributed by atoms with Gasteiger partial charge in [0, 0.05) is 13.1 Å². The lowest BCUT2D eigenvalue weighted by atomic mass is 10.3. The number of aromatic nitrogens is 1. The zero-order chi connectivity index (χ0) is 14.5. The molecule has 0 spiro atoms. The Kier molecular flexibility index (Phi) is 4.52. The monoisotopic (exact) mass is 293 g/mol. The van der Waals surface area contributed by atoms with Gasteiger partial charge in [0.25, 0.3) is 11.8 Å². The molecular formula is C13H15N3O3S. The number of aryl methyl sites for hydroxylation is 2. The van der Waals surface area contributed by atoms with Gasteiger partial charge in [-0.25, -0.2) is 4.98 Å². The molecule has 0 radical (unpaired) electrons. The van der Waals surface area contributed by atoms with E-state index in [1.165, 1.54) is 17.6 Å². The number of nitrogens with zero attached hydrogens (tertiary/aromatic N) is 1. The molecule has 6 nitrogen and oxygen atoms in total. The van der Waals surface area contributed by atoms with Crippen LogP contribution < -0.4 is 10.6 Å². The van der Waals surface area contributed by atoms with Gasteiger partial charge in [0.1, 0.15) is 4.88 Å². The highest BCUT2D eigenvalue weighted by Crippen LogP contribution is 2.16. The second-order valence-electron chi connectivity index (χ2n) is 4.14. The molecule has 0 saturated heterocycles. The van der Waals surface area contributed by atoms with E-state index in [9.17, 15) is 9.59 Å². The Bertz CT molecular complexity index is 604. The molecule has 0 unspecified atom stereocenters. The molecule has 0 saturated carbocycles. The minimum absolute atomic E-state index is 0.166. The highest BCUT2D eigenvalue weighted by Gasteiger charge is 2.13. The molecule has 2 N–H and O–H groups in total. The molecule has 2 rings (SSSR count). The van der Waals surface area contributed by atoms with Gasteiger partial charge in [0.2, 0.25) is 0 Å². The van der Waals surface area contributed by atoms with Crippen LogP contribution in [0.4, 0.5) is 0 Å². The predicted molar refractivity (Wildman–Crippen MR) is 75.0 cm³/mol. The Morgan fingerprint density at radius 3 is 2.50 bits per heavy atom. The predicted octanol–water partition coefficient (Wildman–Crippen LogP) is 1.51. The van der Waals surface area contributed by atoms with Crippen LogP contribution in [-0.4, -0.2) is 29.9 Å². The summed E-state index contributed by atoms with van der Waals surface area (Å²) in [4.78, 5) is 28.2. The molecule has 20 heavy (non-hydrogen) atoms. The Hall–Kier alpha value is -2.15. The molecule has 0 bridgehead atoms. The van der Waals surface area contributed by atoms with E-state index >= 15 is 0 Å². The van der Waals surface area contributed by atoms with Gasteiger partial charge in [-0.15, -0.1) is 11.3 Å². The Morgan fingerprint density at radius 2 is 1.95 bits per heavy atom. The SMILES string of the molecule is Cc1nc(C)c(C(=O)NCCNC(=O)c2ccco2)s1. The molecule has 2 aromatic rings. The van der Waals surface area contributed by atoms with Gasteiger partial charge in [-0.2, -0.15) is 0 Å². The number of carbonyl (C=O) groups excluding carboxylic acids is 2. The molecule has 0 aliphatic rings. The first-order chi connectivity index (χ1) is 9.58. The number of thiazole rings is 1. The van der Waals surface area contributed by atoms with E-state index in [0.29, 0.717) is 18.0 Å². The van der Waals surface area contributed by atoms with Crippen LogP contribution in [0.3, 0.4) is 0 Å². The van der Waals surface area contributed by atoms with E-state index in [1.807, 2.05) is 6.92 Å². The van der Waals surface area contributed by atoms with E-state index in [1.54, 1.807) is 19.1 Å². The van der Waals surface area contributed by atoms with Gasteiger partial charge >= 0.3 is 0 Å². The largest absolute Gasteiger partial charge is 0.459 e.